The van der Waals surface area contributed by atoms with Gasteiger partial charge < -0.3 is 20.3 Å². The number of nitrogens with two attached hydrogens (primary N) is 1. The second-order valence-corrected chi connectivity index (χ2v) is 4.12. The van der Waals surface area contributed by atoms with Gasteiger partial charge in [-0.2, -0.15) is 0 Å². The molecule has 4 N–H and O–H groups in total. The molecule has 0 aliphatic carbocycles. The molecule has 1 aliphatic heterocycles. The monoisotopic (exact) mass is 280 g/mol. The predicted molar refractivity (Wildman–Crippen MR) is 65.4 cm³/mol. The maximum absolute atomic E-state index is 11.2. The van der Waals surface area contributed by atoms with Gasteiger partial charge in [0.2, 0.25) is 0 Å². The van der Waals surface area contributed by atoms with Crippen LogP contribution in [0.15, 0.2) is 18.2 Å². The van der Waals surface area contributed by atoms with Crippen LogP contribution in [0.2, 0.25) is 0 Å². The Morgan fingerprint density at radius 1 is 1.45 bits per heavy atom. The molecule has 0 fully saturated rings. The first-order valence-electron chi connectivity index (χ1n) is 5.70. The average molecular weight is 280 g/mol. The van der Waals surface area contributed by atoms with Gasteiger partial charge in [0.05, 0.1) is 0 Å². The van der Waals surface area contributed by atoms with Crippen molar-refractivity contribution in [2.75, 3.05) is 6.61 Å². The van der Waals surface area contributed by atoms with Gasteiger partial charge in [-0.25, -0.2) is 9.59 Å². The first-order valence-corrected chi connectivity index (χ1v) is 5.70. The maximum Gasteiger partial charge on any atom is 0.345 e. The quantitative estimate of drug-likeness (QED) is 0.691. The van der Waals surface area contributed by atoms with E-state index < -0.39 is 24.0 Å². The van der Waals surface area contributed by atoms with Crippen molar-refractivity contribution in [2.45, 2.75) is 12.5 Å². The summed E-state index contributed by atoms with van der Waals surface area (Å²) in [7, 11) is 0. The Bertz CT molecular complexity index is 571. The standard InChI is InChI=1S/C12H12N2O6/c13-12(18)14-10(15)5-19-7-2-1-6-3-9(11(16)17)20-8(6)4-7/h1-2,4,9H,3,5H2,(H,16,17)(H3,13,14,15,18). The highest BCUT2D eigenvalue weighted by Crippen LogP contribution is 2.32. The van der Waals surface area contributed by atoms with Crippen molar-refractivity contribution >= 4 is 17.9 Å². The smallest absolute Gasteiger partial charge is 0.345 e. The zero-order chi connectivity index (χ0) is 14.7. The van der Waals surface area contributed by atoms with Crippen molar-refractivity contribution in [1.82, 2.24) is 5.32 Å². The minimum Gasteiger partial charge on any atom is -0.484 e. The number of carboxylic acid groups (broad SMARTS) is 1. The Morgan fingerprint density at radius 2 is 2.20 bits per heavy atom. The van der Waals surface area contributed by atoms with Crippen molar-refractivity contribution in [3.63, 3.8) is 0 Å². The van der Waals surface area contributed by atoms with Crippen molar-refractivity contribution in [2.24, 2.45) is 5.73 Å². The summed E-state index contributed by atoms with van der Waals surface area (Å²) in [4.78, 5) is 32.4. The van der Waals surface area contributed by atoms with E-state index in [1.807, 2.05) is 5.32 Å². The van der Waals surface area contributed by atoms with Crippen molar-refractivity contribution in [3.05, 3.63) is 23.8 Å². The van der Waals surface area contributed by atoms with E-state index in [1.165, 1.54) is 6.07 Å². The van der Waals surface area contributed by atoms with Crippen LogP contribution in [-0.2, 0) is 16.0 Å². The van der Waals surface area contributed by atoms with Gasteiger partial charge in [-0.3, -0.25) is 10.1 Å². The number of rotatable bonds is 4. The highest BCUT2D eigenvalue weighted by atomic mass is 16.5. The highest BCUT2D eigenvalue weighted by Gasteiger charge is 2.29. The number of nitrogens with one attached hydrogen (secondary N) is 1. The third kappa shape index (κ3) is 3.16. The van der Waals surface area contributed by atoms with E-state index in [1.54, 1.807) is 12.1 Å². The molecule has 0 saturated heterocycles. The van der Waals surface area contributed by atoms with Crippen LogP contribution in [0, 0.1) is 0 Å². The average Bonchev–Trinajstić information content (AvgIpc) is 2.78. The molecule has 1 atom stereocenters. The molecule has 0 bridgehead atoms. The second-order valence-electron chi connectivity index (χ2n) is 4.12. The van der Waals surface area contributed by atoms with Crippen LogP contribution in [0.3, 0.4) is 0 Å². The van der Waals surface area contributed by atoms with Crippen molar-refractivity contribution < 1.29 is 29.0 Å². The maximum atomic E-state index is 11.2. The number of fused-ring (bicyclic) bond motifs is 1. The number of hydrogen-bond acceptors (Lipinski definition) is 5. The van der Waals surface area contributed by atoms with Crippen LogP contribution in [0.5, 0.6) is 11.5 Å². The van der Waals surface area contributed by atoms with E-state index in [0.717, 1.165) is 5.56 Å². The number of aliphatic carboxylic acids is 1. The lowest BCUT2D eigenvalue weighted by Gasteiger charge is -2.07. The molecule has 2 rings (SSSR count). The molecule has 0 aromatic heterocycles. The number of imide groups is 1. The Morgan fingerprint density at radius 3 is 2.85 bits per heavy atom. The third-order valence-electron chi connectivity index (χ3n) is 2.62. The molecule has 8 heteroatoms. The van der Waals surface area contributed by atoms with Gasteiger partial charge in [-0.15, -0.1) is 0 Å². The fraction of sp³-hybridized carbons (Fsp3) is 0.250. The number of hydrogen-bond donors (Lipinski definition) is 3. The molecule has 1 aromatic rings. The summed E-state index contributed by atoms with van der Waals surface area (Å²) in [6.07, 6.45) is -0.619. The number of ether oxygens (including phenoxy) is 2. The molecule has 0 spiro atoms. The van der Waals surface area contributed by atoms with Crippen LogP contribution in [-0.4, -0.2) is 35.7 Å². The molecule has 1 aliphatic rings. The van der Waals surface area contributed by atoms with E-state index in [4.69, 9.17) is 20.3 Å². The lowest BCUT2D eigenvalue weighted by atomic mass is 10.1. The van der Waals surface area contributed by atoms with Gasteiger partial charge in [0.25, 0.3) is 5.91 Å². The zero-order valence-electron chi connectivity index (χ0n) is 10.3. The fourth-order valence-corrected chi connectivity index (χ4v) is 1.76. The summed E-state index contributed by atoms with van der Waals surface area (Å²) in [5.74, 6) is -0.980. The summed E-state index contributed by atoms with van der Waals surface area (Å²) < 4.78 is 10.4. The molecule has 8 nitrogen and oxygen atoms in total. The van der Waals surface area contributed by atoms with Crippen LogP contribution < -0.4 is 20.5 Å². The zero-order valence-corrected chi connectivity index (χ0v) is 10.3. The predicted octanol–water partition coefficient (Wildman–Crippen LogP) is -0.352. The number of carbonyl (C=O) groups is 3. The number of carbonyl (C=O) groups excluding carboxylic acids is 2. The summed E-state index contributed by atoms with van der Waals surface area (Å²) in [5.41, 5.74) is 5.53. The van der Waals surface area contributed by atoms with Crippen LogP contribution in [0.1, 0.15) is 5.56 Å². The molecule has 3 amide bonds. The van der Waals surface area contributed by atoms with Gasteiger partial charge in [-0.1, -0.05) is 6.07 Å². The van der Waals surface area contributed by atoms with E-state index in [-0.39, 0.29) is 13.0 Å². The van der Waals surface area contributed by atoms with E-state index in [9.17, 15) is 14.4 Å². The topological polar surface area (TPSA) is 128 Å². The molecule has 0 saturated carbocycles. The molecule has 20 heavy (non-hydrogen) atoms. The van der Waals surface area contributed by atoms with E-state index >= 15 is 0 Å². The number of urea groups is 1. The van der Waals surface area contributed by atoms with Crippen molar-refractivity contribution in [1.29, 1.82) is 0 Å². The largest absolute Gasteiger partial charge is 0.484 e. The van der Waals surface area contributed by atoms with Gasteiger partial charge >= 0.3 is 12.0 Å². The summed E-state index contributed by atoms with van der Waals surface area (Å²) in [6, 6.07) is 3.79. The van der Waals surface area contributed by atoms with Gasteiger partial charge in [0.1, 0.15) is 11.5 Å². The van der Waals surface area contributed by atoms with Crippen LogP contribution in [0.4, 0.5) is 4.79 Å². The summed E-state index contributed by atoms with van der Waals surface area (Å²) in [5, 5.41) is 10.7. The summed E-state index contributed by atoms with van der Waals surface area (Å²) >= 11 is 0. The molecule has 1 aromatic carbocycles. The highest BCUT2D eigenvalue weighted by molar-refractivity contribution is 5.94. The minimum absolute atomic E-state index is 0.285. The third-order valence-corrected chi connectivity index (χ3v) is 2.62. The minimum atomic E-state index is -1.04. The lowest BCUT2D eigenvalue weighted by molar-refractivity contribution is -0.144. The van der Waals surface area contributed by atoms with E-state index in [2.05, 4.69) is 0 Å². The Labute approximate surface area is 113 Å². The SMILES string of the molecule is NC(=O)NC(=O)COc1ccc2c(c1)OC(C(=O)O)C2. The molecular weight excluding hydrogens is 268 g/mol. The van der Waals surface area contributed by atoms with Gasteiger partial charge in [-0.05, 0) is 11.6 Å². The number of amides is 3. The normalized spacial score (nSPS) is 15.9. The molecule has 1 unspecified atom stereocenters. The second kappa shape index (κ2) is 5.47. The lowest BCUT2D eigenvalue weighted by Crippen LogP contribution is -2.38. The molecule has 0 radical (unpaired) electrons. The molecule has 106 valence electrons. The first kappa shape index (κ1) is 13.7. The Kier molecular flexibility index (Phi) is 3.74. The summed E-state index contributed by atoms with van der Waals surface area (Å²) in [6.45, 7) is -0.385. The fourth-order valence-electron chi connectivity index (χ4n) is 1.76. The Balaban J connectivity index is 1.96. The first-order chi connectivity index (χ1) is 9.45. The number of carboxylic acids is 1. The number of benzene rings is 1. The van der Waals surface area contributed by atoms with Crippen molar-refractivity contribution in [3.8, 4) is 11.5 Å². The number of primary amides is 1. The van der Waals surface area contributed by atoms with Gasteiger partial charge in [0.15, 0.2) is 12.7 Å². The van der Waals surface area contributed by atoms with E-state index in [0.29, 0.717) is 11.5 Å². The molecular formula is C12H12N2O6. The van der Waals surface area contributed by atoms with Gasteiger partial charge in [0, 0.05) is 12.5 Å². The molecule has 1 heterocycles. The van der Waals surface area contributed by atoms with Crippen LogP contribution in [0.25, 0.3) is 0 Å². The van der Waals surface area contributed by atoms with Crippen LogP contribution >= 0.6 is 0 Å². The Hall–Kier alpha value is -2.77.